The van der Waals surface area contributed by atoms with Gasteiger partial charge in [-0.2, -0.15) is 0 Å². The zero-order valence-electron chi connectivity index (χ0n) is 18.1. The van der Waals surface area contributed by atoms with Crippen molar-refractivity contribution in [3.63, 3.8) is 0 Å². The van der Waals surface area contributed by atoms with Gasteiger partial charge in [-0.25, -0.2) is 0 Å². The van der Waals surface area contributed by atoms with Crippen LogP contribution in [0.2, 0.25) is 0 Å². The van der Waals surface area contributed by atoms with E-state index < -0.39 is 90.4 Å². The fourth-order valence-electron chi connectivity index (χ4n) is 2.58. The van der Waals surface area contributed by atoms with E-state index in [1.807, 2.05) is 0 Å². The van der Waals surface area contributed by atoms with Gasteiger partial charge in [-0.15, -0.1) is 12.6 Å². The SMILES string of the molecule is CC(C)[C@H](NC(=O)[C@H](CCC(=O)O)NC(=O)[C@@H](N)CC(=O)O)C(=O)N[C@@H](CC(=O)O)[C@@H](O)S. The molecule has 0 saturated heterocycles. The molecule has 33 heavy (non-hydrogen) atoms. The van der Waals surface area contributed by atoms with E-state index in [0.717, 1.165) is 0 Å². The first-order chi connectivity index (χ1) is 15.1. The Morgan fingerprint density at radius 1 is 0.818 bits per heavy atom. The summed E-state index contributed by atoms with van der Waals surface area (Å²) in [5.41, 5.74) is 3.95. The maximum Gasteiger partial charge on any atom is 0.305 e. The summed E-state index contributed by atoms with van der Waals surface area (Å²) in [5.74, 6) is -7.27. The molecule has 0 aliphatic heterocycles. The van der Waals surface area contributed by atoms with Crippen molar-refractivity contribution >= 4 is 48.3 Å². The van der Waals surface area contributed by atoms with E-state index in [1.165, 1.54) is 0 Å². The molecule has 0 aliphatic rings. The molecule has 0 rings (SSSR count). The smallest absolute Gasteiger partial charge is 0.305 e. The Labute approximate surface area is 194 Å². The van der Waals surface area contributed by atoms with Gasteiger partial charge in [0.25, 0.3) is 0 Å². The first-order valence-electron chi connectivity index (χ1n) is 9.83. The van der Waals surface area contributed by atoms with Crippen LogP contribution < -0.4 is 21.7 Å². The molecular weight excluding hydrogens is 464 g/mol. The number of carbonyl (C=O) groups excluding carboxylic acids is 3. The number of aliphatic hydroxyl groups is 1. The van der Waals surface area contributed by atoms with Crippen molar-refractivity contribution < 1.29 is 49.2 Å². The highest BCUT2D eigenvalue weighted by Gasteiger charge is 2.32. The predicted octanol–water partition coefficient (Wildman–Crippen LogP) is -2.51. The van der Waals surface area contributed by atoms with E-state index in [9.17, 15) is 33.9 Å². The second-order valence-electron chi connectivity index (χ2n) is 7.55. The number of amides is 3. The number of nitrogens with two attached hydrogens (primary N) is 1. The summed E-state index contributed by atoms with van der Waals surface area (Å²) >= 11 is 3.73. The number of rotatable bonds is 15. The summed E-state index contributed by atoms with van der Waals surface area (Å²) < 4.78 is 0. The molecule has 5 atom stereocenters. The van der Waals surface area contributed by atoms with Crippen molar-refractivity contribution in [3.8, 4) is 0 Å². The maximum atomic E-state index is 12.7. The number of aliphatic carboxylic acids is 3. The zero-order valence-corrected chi connectivity index (χ0v) is 18.9. The summed E-state index contributed by atoms with van der Waals surface area (Å²) in [5, 5.41) is 42.9. The monoisotopic (exact) mass is 494 g/mol. The third kappa shape index (κ3) is 12.1. The van der Waals surface area contributed by atoms with Crippen LogP contribution in [0.4, 0.5) is 0 Å². The lowest BCUT2D eigenvalue weighted by Gasteiger charge is -2.28. The van der Waals surface area contributed by atoms with Crippen LogP contribution in [-0.2, 0) is 28.8 Å². The van der Waals surface area contributed by atoms with Crippen LogP contribution in [0.5, 0.6) is 0 Å². The van der Waals surface area contributed by atoms with E-state index in [-0.39, 0.29) is 6.42 Å². The van der Waals surface area contributed by atoms with Gasteiger partial charge in [0, 0.05) is 6.42 Å². The summed E-state index contributed by atoms with van der Waals surface area (Å²) in [6.07, 6.45) is -2.28. The molecule has 188 valence electrons. The molecule has 0 aliphatic carbocycles. The van der Waals surface area contributed by atoms with Gasteiger partial charge in [0.1, 0.15) is 17.5 Å². The van der Waals surface area contributed by atoms with Gasteiger partial charge in [-0.3, -0.25) is 28.8 Å². The number of hydrogen-bond donors (Lipinski definition) is 9. The molecule has 0 aromatic heterocycles. The topological polar surface area (TPSA) is 245 Å². The summed E-state index contributed by atoms with van der Waals surface area (Å²) in [4.78, 5) is 70.0. The number of carboxylic acids is 3. The van der Waals surface area contributed by atoms with Gasteiger partial charge in [-0.1, -0.05) is 13.8 Å². The molecule has 0 spiro atoms. The van der Waals surface area contributed by atoms with Gasteiger partial charge < -0.3 is 42.1 Å². The lowest BCUT2D eigenvalue weighted by molar-refractivity contribution is -0.141. The van der Waals surface area contributed by atoms with Crippen molar-refractivity contribution in [2.75, 3.05) is 0 Å². The molecule has 3 amide bonds. The predicted molar refractivity (Wildman–Crippen MR) is 115 cm³/mol. The third-order valence-corrected chi connectivity index (χ3v) is 4.70. The molecule has 0 fully saturated rings. The van der Waals surface area contributed by atoms with Crippen LogP contribution >= 0.6 is 12.6 Å². The number of hydrogen-bond acceptors (Lipinski definition) is 9. The van der Waals surface area contributed by atoms with Gasteiger partial charge in [0.15, 0.2) is 0 Å². The highest BCUT2D eigenvalue weighted by Crippen LogP contribution is 2.09. The molecule has 0 bridgehead atoms. The lowest BCUT2D eigenvalue weighted by Crippen LogP contribution is -2.58. The van der Waals surface area contributed by atoms with Crippen LogP contribution in [-0.4, -0.2) is 85.7 Å². The molecule has 0 aromatic carbocycles. The maximum absolute atomic E-state index is 12.7. The molecule has 9 N–H and O–H groups in total. The Balaban J connectivity index is 5.50. The fraction of sp³-hybridized carbons (Fsp3) is 0.667. The van der Waals surface area contributed by atoms with Gasteiger partial charge in [0.2, 0.25) is 17.7 Å². The highest BCUT2D eigenvalue weighted by atomic mass is 32.1. The zero-order chi connectivity index (χ0) is 25.9. The summed E-state index contributed by atoms with van der Waals surface area (Å²) in [7, 11) is 0. The van der Waals surface area contributed by atoms with E-state index in [1.54, 1.807) is 13.8 Å². The first-order valence-corrected chi connectivity index (χ1v) is 10.4. The quantitative estimate of drug-likeness (QED) is 0.0849. The van der Waals surface area contributed by atoms with Crippen LogP contribution in [0.3, 0.4) is 0 Å². The van der Waals surface area contributed by atoms with E-state index in [0.29, 0.717) is 0 Å². The van der Waals surface area contributed by atoms with E-state index in [4.69, 9.17) is 21.1 Å². The van der Waals surface area contributed by atoms with Crippen molar-refractivity contribution in [1.82, 2.24) is 16.0 Å². The highest BCUT2D eigenvalue weighted by molar-refractivity contribution is 7.80. The average molecular weight is 495 g/mol. The van der Waals surface area contributed by atoms with Crippen LogP contribution in [0.25, 0.3) is 0 Å². The Morgan fingerprint density at radius 2 is 1.36 bits per heavy atom. The third-order valence-electron chi connectivity index (χ3n) is 4.34. The minimum Gasteiger partial charge on any atom is -0.481 e. The minimum absolute atomic E-state index is 0.379. The Kier molecular flexibility index (Phi) is 13.0. The Morgan fingerprint density at radius 3 is 1.79 bits per heavy atom. The summed E-state index contributed by atoms with van der Waals surface area (Å²) in [6, 6.07) is -5.47. The number of aliphatic hydroxyl groups excluding tert-OH is 1. The molecule has 0 unspecified atom stereocenters. The normalized spacial score (nSPS) is 15.5. The standard InChI is InChI=1S/C18H30N4O10S/c1-7(2)14(17(31)21-10(18(32)33)6-13(27)28)22-16(30)9(3-4-11(23)24)20-15(29)8(19)5-12(25)26/h7-10,14,18,32-33H,3-6,19H2,1-2H3,(H,20,29)(H,21,31)(H,22,30)(H,23,24)(H,25,26)(H,27,28)/t8-,9-,10-,14-,18-/m0/s1. The largest absolute Gasteiger partial charge is 0.481 e. The Bertz CT molecular complexity index is 746. The molecule has 14 nitrogen and oxygen atoms in total. The molecule has 0 aromatic rings. The van der Waals surface area contributed by atoms with Crippen LogP contribution in [0, 0.1) is 5.92 Å². The Hall–Kier alpha value is -2.91. The average Bonchev–Trinajstić information content (AvgIpc) is 2.66. The first kappa shape index (κ1) is 30.1. The van der Waals surface area contributed by atoms with E-state index >= 15 is 0 Å². The van der Waals surface area contributed by atoms with Gasteiger partial charge in [0.05, 0.1) is 24.9 Å². The molecule has 0 heterocycles. The lowest BCUT2D eigenvalue weighted by atomic mass is 10.0. The van der Waals surface area contributed by atoms with Crippen molar-refractivity contribution in [1.29, 1.82) is 0 Å². The molecule has 0 saturated carbocycles. The summed E-state index contributed by atoms with van der Waals surface area (Å²) in [6.45, 7) is 3.11. The van der Waals surface area contributed by atoms with Crippen LogP contribution in [0.1, 0.15) is 39.5 Å². The van der Waals surface area contributed by atoms with Crippen molar-refractivity contribution in [2.24, 2.45) is 11.7 Å². The molecular formula is C18H30N4O10S. The van der Waals surface area contributed by atoms with Crippen molar-refractivity contribution in [3.05, 3.63) is 0 Å². The number of carboxylic acid groups (broad SMARTS) is 3. The number of carbonyl (C=O) groups is 6. The molecule has 15 heteroatoms. The fourth-order valence-corrected chi connectivity index (χ4v) is 2.76. The number of nitrogens with one attached hydrogen (secondary N) is 3. The van der Waals surface area contributed by atoms with Gasteiger partial charge >= 0.3 is 17.9 Å². The molecule has 0 radical (unpaired) electrons. The minimum atomic E-state index is -1.51. The van der Waals surface area contributed by atoms with E-state index in [2.05, 4.69) is 28.6 Å². The number of thiol groups is 1. The second kappa shape index (κ2) is 14.3. The van der Waals surface area contributed by atoms with Crippen LogP contribution in [0.15, 0.2) is 0 Å². The van der Waals surface area contributed by atoms with Crippen molar-refractivity contribution in [2.45, 2.75) is 69.1 Å². The second-order valence-corrected chi connectivity index (χ2v) is 8.08. The van der Waals surface area contributed by atoms with Gasteiger partial charge in [-0.05, 0) is 12.3 Å².